The molecule has 20 heavy (non-hydrogen) atoms. The zero-order chi connectivity index (χ0) is 14.4. The first-order valence-corrected chi connectivity index (χ1v) is 6.44. The number of nitrogens with one attached hydrogen (secondary N) is 1. The Labute approximate surface area is 124 Å². The highest BCUT2D eigenvalue weighted by atomic mass is 35.5. The molecule has 6 heteroatoms. The van der Waals surface area contributed by atoms with Crippen molar-refractivity contribution < 1.29 is 13.6 Å². The summed E-state index contributed by atoms with van der Waals surface area (Å²) in [5.74, 6) is -1.23. The van der Waals surface area contributed by atoms with Gasteiger partial charge in [0.25, 0.3) is 0 Å². The van der Waals surface area contributed by atoms with Crippen molar-refractivity contribution in [3.63, 3.8) is 0 Å². The molecule has 0 spiro atoms. The van der Waals surface area contributed by atoms with Crippen LogP contribution in [0.25, 0.3) is 0 Å². The van der Waals surface area contributed by atoms with Crippen LogP contribution in [0.4, 0.5) is 8.78 Å². The highest BCUT2D eigenvalue weighted by molar-refractivity contribution is 5.85. The molecule has 0 aliphatic rings. The third-order valence-corrected chi connectivity index (χ3v) is 2.90. The van der Waals surface area contributed by atoms with Crippen LogP contribution in [0.1, 0.15) is 44.7 Å². The Morgan fingerprint density at radius 1 is 1.40 bits per heavy atom. The third-order valence-electron chi connectivity index (χ3n) is 2.90. The lowest BCUT2D eigenvalue weighted by Crippen LogP contribution is -2.30. The van der Waals surface area contributed by atoms with Gasteiger partial charge in [-0.25, -0.2) is 8.78 Å². The first-order valence-electron chi connectivity index (χ1n) is 6.44. The standard InChI is InChI=1S/C14H20F2N2O.ClH/c1-3-13(18-14(19)7-4-9(2)17)11-8-10(15)5-6-12(11)16;/h5-6,8-9,13H,3-4,7,17H2,1-2H3,(H,18,19);1H. The molecule has 0 radical (unpaired) electrons. The molecule has 1 amide bonds. The normalized spacial score (nSPS) is 13.2. The van der Waals surface area contributed by atoms with Crippen molar-refractivity contribution in [1.82, 2.24) is 5.32 Å². The van der Waals surface area contributed by atoms with Crippen LogP contribution in [0.5, 0.6) is 0 Å². The molecule has 0 saturated heterocycles. The van der Waals surface area contributed by atoms with Crippen LogP contribution < -0.4 is 11.1 Å². The maximum Gasteiger partial charge on any atom is 0.220 e. The van der Waals surface area contributed by atoms with Crippen LogP contribution in [0.2, 0.25) is 0 Å². The Balaban J connectivity index is 0.00000361. The van der Waals surface area contributed by atoms with Gasteiger partial charge in [-0.2, -0.15) is 0 Å². The molecule has 1 aromatic carbocycles. The molecule has 3 N–H and O–H groups in total. The second-order valence-electron chi connectivity index (χ2n) is 4.71. The summed E-state index contributed by atoms with van der Waals surface area (Å²) in [5.41, 5.74) is 5.75. The quantitative estimate of drug-likeness (QED) is 0.848. The smallest absolute Gasteiger partial charge is 0.220 e. The van der Waals surface area contributed by atoms with Gasteiger partial charge < -0.3 is 11.1 Å². The number of rotatable bonds is 6. The second kappa shape index (κ2) is 8.87. The van der Waals surface area contributed by atoms with Crippen LogP contribution in [0, 0.1) is 11.6 Å². The maximum absolute atomic E-state index is 13.6. The summed E-state index contributed by atoms with van der Waals surface area (Å²) in [5, 5.41) is 2.71. The van der Waals surface area contributed by atoms with Crippen molar-refractivity contribution in [3.8, 4) is 0 Å². The zero-order valence-corrected chi connectivity index (χ0v) is 12.5. The molecule has 0 heterocycles. The van der Waals surface area contributed by atoms with Gasteiger partial charge >= 0.3 is 0 Å². The summed E-state index contributed by atoms with van der Waals surface area (Å²) < 4.78 is 26.8. The van der Waals surface area contributed by atoms with E-state index in [0.717, 1.165) is 18.2 Å². The van der Waals surface area contributed by atoms with E-state index in [1.807, 2.05) is 6.92 Å². The van der Waals surface area contributed by atoms with E-state index in [2.05, 4.69) is 5.32 Å². The summed E-state index contributed by atoms with van der Waals surface area (Å²) in [4.78, 5) is 11.7. The van der Waals surface area contributed by atoms with E-state index in [-0.39, 0.29) is 36.3 Å². The highest BCUT2D eigenvalue weighted by Crippen LogP contribution is 2.21. The highest BCUT2D eigenvalue weighted by Gasteiger charge is 2.17. The number of halogens is 3. The summed E-state index contributed by atoms with van der Waals surface area (Å²) in [6, 6.07) is 2.67. The summed E-state index contributed by atoms with van der Waals surface area (Å²) in [6.45, 7) is 3.62. The number of carbonyl (C=O) groups is 1. The molecule has 0 fully saturated rings. The van der Waals surface area contributed by atoms with E-state index < -0.39 is 17.7 Å². The topological polar surface area (TPSA) is 55.1 Å². The molecule has 0 aromatic heterocycles. The van der Waals surface area contributed by atoms with Crippen LogP contribution in [0.3, 0.4) is 0 Å². The van der Waals surface area contributed by atoms with Crippen LogP contribution in [-0.2, 0) is 4.79 Å². The van der Waals surface area contributed by atoms with Crippen molar-refractivity contribution >= 4 is 18.3 Å². The predicted octanol–water partition coefficient (Wildman–Crippen LogP) is 3.08. The lowest BCUT2D eigenvalue weighted by Gasteiger charge is -2.18. The van der Waals surface area contributed by atoms with Crippen molar-refractivity contribution in [2.45, 2.75) is 45.2 Å². The molecule has 0 aliphatic carbocycles. The van der Waals surface area contributed by atoms with E-state index in [4.69, 9.17) is 5.73 Å². The predicted molar refractivity (Wildman–Crippen MR) is 77.7 cm³/mol. The van der Waals surface area contributed by atoms with Crippen molar-refractivity contribution in [1.29, 1.82) is 0 Å². The van der Waals surface area contributed by atoms with Crippen molar-refractivity contribution in [3.05, 3.63) is 35.4 Å². The molecular formula is C14H21ClF2N2O. The van der Waals surface area contributed by atoms with Gasteiger partial charge in [-0.15, -0.1) is 12.4 Å². The first-order chi connectivity index (χ1) is 8.93. The Bertz CT molecular complexity index is 441. The van der Waals surface area contributed by atoms with Gasteiger partial charge in [0.2, 0.25) is 5.91 Å². The Morgan fingerprint density at radius 3 is 2.60 bits per heavy atom. The SMILES string of the molecule is CCC(NC(=O)CCC(C)N)c1cc(F)ccc1F.Cl. The van der Waals surface area contributed by atoms with E-state index in [1.165, 1.54) is 0 Å². The average Bonchev–Trinajstić information content (AvgIpc) is 2.36. The number of hydrogen-bond donors (Lipinski definition) is 2. The summed E-state index contributed by atoms with van der Waals surface area (Å²) >= 11 is 0. The molecule has 0 saturated carbocycles. The van der Waals surface area contributed by atoms with Crippen LogP contribution in [-0.4, -0.2) is 11.9 Å². The number of carbonyl (C=O) groups excluding carboxylic acids is 1. The van der Waals surface area contributed by atoms with Crippen molar-refractivity contribution in [2.75, 3.05) is 0 Å². The fourth-order valence-corrected chi connectivity index (χ4v) is 1.81. The number of hydrogen-bond acceptors (Lipinski definition) is 2. The third kappa shape index (κ3) is 5.84. The fraction of sp³-hybridized carbons (Fsp3) is 0.500. The molecule has 1 rings (SSSR count). The molecule has 114 valence electrons. The van der Waals surface area contributed by atoms with Crippen LogP contribution in [0.15, 0.2) is 18.2 Å². The fourth-order valence-electron chi connectivity index (χ4n) is 1.81. The Hall–Kier alpha value is -1.20. The minimum atomic E-state index is -0.517. The molecule has 0 bridgehead atoms. The van der Waals surface area contributed by atoms with E-state index in [1.54, 1.807) is 6.92 Å². The molecule has 2 atom stereocenters. The molecule has 0 aliphatic heterocycles. The molecule has 3 nitrogen and oxygen atoms in total. The summed E-state index contributed by atoms with van der Waals surface area (Å²) in [7, 11) is 0. The second-order valence-corrected chi connectivity index (χ2v) is 4.71. The van der Waals surface area contributed by atoms with Gasteiger partial charge in [0.15, 0.2) is 0 Å². The largest absolute Gasteiger partial charge is 0.349 e. The van der Waals surface area contributed by atoms with Gasteiger partial charge in [0.1, 0.15) is 11.6 Å². The van der Waals surface area contributed by atoms with Crippen LogP contribution >= 0.6 is 12.4 Å². The van der Waals surface area contributed by atoms with Gasteiger partial charge in [-0.1, -0.05) is 6.92 Å². The lowest BCUT2D eigenvalue weighted by molar-refractivity contribution is -0.122. The Morgan fingerprint density at radius 2 is 2.05 bits per heavy atom. The van der Waals surface area contributed by atoms with Crippen molar-refractivity contribution in [2.24, 2.45) is 5.73 Å². The first kappa shape index (κ1) is 18.8. The minimum Gasteiger partial charge on any atom is -0.349 e. The maximum atomic E-state index is 13.6. The molecule has 2 unspecified atom stereocenters. The van der Waals surface area contributed by atoms with E-state index in [0.29, 0.717) is 12.8 Å². The minimum absolute atomic E-state index is 0. The molecule has 1 aromatic rings. The molecular weight excluding hydrogens is 286 g/mol. The monoisotopic (exact) mass is 306 g/mol. The van der Waals surface area contributed by atoms with Gasteiger partial charge in [0, 0.05) is 18.0 Å². The number of benzene rings is 1. The van der Waals surface area contributed by atoms with E-state index in [9.17, 15) is 13.6 Å². The average molecular weight is 307 g/mol. The Kier molecular flexibility index (Phi) is 8.34. The van der Waals surface area contributed by atoms with Gasteiger partial charge in [-0.05, 0) is 38.0 Å². The van der Waals surface area contributed by atoms with Gasteiger partial charge in [0.05, 0.1) is 6.04 Å². The lowest BCUT2D eigenvalue weighted by atomic mass is 10.0. The van der Waals surface area contributed by atoms with E-state index >= 15 is 0 Å². The number of amides is 1. The van der Waals surface area contributed by atoms with Gasteiger partial charge in [-0.3, -0.25) is 4.79 Å². The number of nitrogens with two attached hydrogens (primary N) is 1. The zero-order valence-electron chi connectivity index (χ0n) is 11.7. The summed E-state index contributed by atoms with van der Waals surface area (Å²) in [6.07, 6.45) is 1.34.